The van der Waals surface area contributed by atoms with Gasteiger partial charge in [0.15, 0.2) is 0 Å². The van der Waals surface area contributed by atoms with Crippen molar-refractivity contribution in [1.29, 1.82) is 5.26 Å². The average Bonchev–Trinajstić information content (AvgIpc) is 2.89. The third kappa shape index (κ3) is 4.33. The van der Waals surface area contributed by atoms with E-state index in [4.69, 9.17) is 0 Å². The van der Waals surface area contributed by atoms with Crippen molar-refractivity contribution in [2.45, 2.75) is 70.9 Å². The first-order valence-electron chi connectivity index (χ1n) is 9.29. The summed E-state index contributed by atoms with van der Waals surface area (Å²) in [4.78, 5) is 12.6. The summed E-state index contributed by atoms with van der Waals surface area (Å²) in [5.74, 6) is -0.442. The summed E-state index contributed by atoms with van der Waals surface area (Å²) in [6.45, 7) is 9.59. The first kappa shape index (κ1) is 21.4. The lowest BCUT2D eigenvalue weighted by atomic mass is 9.90. The quantitative estimate of drug-likeness (QED) is 0.789. The highest BCUT2D eigenvalue weighted by Gasteiger charge is 2.33. The zero-order chi connectivity index (χ0) is 20.4. The molecular formula is C18H29N5O3S. The number of piperidine rings is 1. The van der Waals surface area contributed by atoms with Gasteiger partial charge in [0.05, 0.1) is 17.5 Å². The van der Waals surface area contributed by atoms with Crippen molar-refractivity contribution in [1.82, 2.24) is 19.4 Å². The van der Waals surface area contributed by atoms with E-state index in [0.717, 1.165) is 19.3 Å². The number of carbonyl (C=O) groups excluding carboxylic acids is 1. The van der Waals surface area contributed by atoms with Crippen molar-refractivity contribution in [2.75, 3.05) is 13.1 Å². The Labute approximate surface area is 161 Å². The highest BCUT2D eigenvalue weighted by molar-refractivity contribution is 7.89. The van der Waals surface area contributed by atoms with Crippen LogP contribution in [-0.4, -0.2) is 47.0 Å². The molecule has 1 saturated heterocycles. The minimum atomic E-state index is -3.63. The van der Waals surface area contributed by atoms with E-state index in [1.54, 1.807) is 20.8 Å². The number of nitriles is 1. The van der Waals surface area contributed by atoms with Crippen molar-refractivity contribution in [3.63, 3.8) is 0 Å². The maximum Gasteiger partial charge on any atom is 0.246 e. The van der Waals surface area contributed by atoms with Crippen LogP contribution in [0.5, 0.6) is 0 Å². The number of hydrogen-bond acceptors (Lipinski definition) is 5. The zero-order valence-corrected chi connectivity index (χ0v) is 17.6. The number of aromatic nitrogens is 2. The van der Waals surface area contributed by atoms with Gasteiger partial charge in [-0.05, 0) is 39.5 Å². The molecule has 0 aromatic carbocycles. The van der Waals surface area contributed by atoms with Gasteiger partial charge in [-0.15, -0.1) is 0 Å². The number of aryl methyl sites for hydroxylation is 1. The second-order valence-electron chi connectivity index (χ2n) is 7.64. The van der Waals surface area contributed by atoms with Crippen LogP contribution in [-0.2, 0) is 21.4 Å². The van der Waals surface area contributed by atoms with Crippen molar-refractivity contribution in [3.8, 4) is 6.07 Å². The monoisotopic (exact) mass is 395 g/mol. The van der Waals surface area contributed by atoms with Gasteiger partial charge >= 0.3 is 0 Å². The van der Waals surface area contributed by atoms with Gasteiger partial charge in [-0.2, -0.15) is 14.7 Å². The van der Waals surface area contributed by atoms with E-state index in [1.807, 2.05) is 13.8 Å². The standard InChI is InChI=1S/C18H29N5O3S/c1-13(2)18(5,12-19)20-16(24)11-23-15(4)17(14(3)21-23)27(25,26)22-9-7-6-8-10-22/h13H,6-11H2,1-5H3,(H,20,24)/t18-/m0/s1. The summed E-state index contributed by atoms with van der Waals surface area (Å²) in [6.07, 6.45) is 2.75. The minimum Gasteiger partial charge on any atom is -0.336 e. The normalized spacial score (nSPS) is 18.1. The summed E-state index contributed by atoms with van der Waals surface area (Å²) in [5.41, 5.74) is -0.162. The van der Waals surface area contributed by atoms with Gasteiger partial charge in [0.25, 0.3) is 0 Å². The highest BCUT2D eigenvalue weighted by atomic mass is 32.2. The maximum atomic E-state index is 13.0. The van der Waals surface area contributed by atoms with Gasteiger partial charge in [-0.25, -0.2) is 8.42 Å². The molecule has 1 atom stereocenters. The molecule has 27 heavy (non-hydrogen) atoms. The van der Waals surface area contributed by atoms with Crippen LogP contribution in [0.3, 0.4) is 0 Å². The van der Waals surface area contributed by atoms with E-state index >= 15 is 0 Å². The van der Waals surface area contributed by atoms with Crippen LogP contribution in [0.25, 0.3) is 0 Å². The van der Waals surface area contributed by atoms with E-state index in [0.29, 0.717) is 24.5 Å². The summed E-state index contributed by atoms with van der Waals surface area (Å²) in [6, 6.07) is 2.13. The van der Waals surface area contributed by atoms with Gasteiger partial charge in [-0.1, -0.05) is 20.3 Å². The Kier molecular flexibility index (Phi) is 6.32. The van der Waals surface area contributed by atoms with E-state index in [2.05, 4.69) is 16.5 Å². The van der Waals surface area contributed by atoms with E-state index in [1.165, 1.54) is 8.99 Å². The maximum absolute atomic E-state index is 13.0. The van der Waals surface area contributed by atoms with Crippen molar-refractivity contribution < 1.29 is 13.2 Å². The van der Waals surface area contributed by atoms with Crippen LogP contribution in [0, 0.1) is 31.1 Å². The molecule has 150 valence electrons. The van der Waals surface area contributed by atoms with Crippen LogP contribution in [0.15, 0.2) is 4.90 Å². The fourth-order valence-corrected chi connectivity index (χ4v) is 5.10. The van der Waals surface area contributed by atoms with Crippen LogP contribution < -0.4 is 5.32 Å². The van der Waals surface area contributed by atoms with Gasteiger partial charge in [0.1, 0.15) is 17.0 Å². The van der Waals surface area contributed by atoms with Crippen molar-refractivity contribution >= 4 is 15.9 Å². The molecule has 8 nitrogen and oxygen atoms in total. The minimum absolute atomic E-state index is 0.0676. The van der Waals surface area contributed by atoms with E-state index in [-0.39, 0.29) is 23.3 Å². The Morgan fingerprint density at radius 3 is 2.41 bits per heavy atom. The third-order valence-corrected chi connectivity index (χ3v) is 7.46. The molecule has 1 aliphatic rings. The van der Waals surface area contributed by atoms with Crippen molar-refractivity contribution in [3.05, 3.63) is 11.4 Å². The molecule has 2 rings (SSSR count). The van der Waals surface area contributed by atoms with Crippen LogP contribution in [0.2, 0.25) is 0 Å². The Morgan fingerprint density at radius 2 is 1.89 bits per heavy atom. The summed E-state index contributed by atoms with van der Waals surface area (Å²) in [7, 11) is -3.63. The number of sulfonamides is 1. The first-order valence-corrected chi connectivity index (χ1v) is 10.7. The molecule has 0 radical (unpaired) electrons. The third-order valence-electron chi connectivity index (χ3n) is 5.31. The van der Waals surface area contributed by atoms with Crippen molar-refractivity contribution in [2.24, 2.45) is 5.92 Å². The van der Waals surface area contributed by atoms with Crippen LogP contribution in [0.4, 0.5) is 0 Å². The average molecular weight is 396 g/mol. The molecule has 0 unspecified atom stereocenters. The second-order valence-corrected chi connectivity index (χ2v) is 9.51. The molecule has 1 amide bonds. The van der Waals surface area contributed by atoms with Gasteiger partial charge in [0, 0.05) is 13.1 Å². The SMILES string of the molecule is Cc1nn(CC(=O)N[C@@](C)(C#N)C(C)C)c(C)c1S(=O)(=O)N1CCCCC1. The Bertz CT molecular complexity index is 847. The highest BCUT2D eigenvalue weighted by Crippen LogP contribution is 2.26. The lowest BCUT2D eigenvalue weighted by Crippen LogP contribution is -2.50. The summed E-state index contributed by atoms with van der Waals surface area (Å²) >= 11 is 0. The smallest absolute Gasteiger partial charge is 0.246 e. The number of amides is 1. The lowest BCUT2D eigenvalue weighted by Gasteiger charge is -2.27. The molecular weight excluding hydrogens is 366 g/mol. The number of carbonyl (C=O) groups is 1. The lowest BCUT2D eigenvalue weighted by molar-refractivity contribution is -0.123. The Morgan fingerprint density at radius 1 is 1.30 bits per heavy atom. The van der Waals surface area contributed by atoms with Gasteiger partial charge in [-0.3, -0.25) is 9.48 Å². The molecule has 0 saturated carbocycles. The Balaban J connectivity index is 2.25. The number of nitrogens with one attached hydrogen (secondary N) is 1. The molecule has 0 aliphatic carbocycles. The van der Waals surface area contributed by atoms with Crippen LogP contribution in [0.1, 0.15) is 51.4 Å². The van der Waals surface area contributed by atoms with E-state index in [9.17, 15) is 18.5 Å². The largest absolute Gasteiger partial charge is 0.336 e. The second kappa shape index (κ2) is 7.98. The topological polar surface area (TPSA) is 108 Å². The molecule has 1 fully saturated rings. The predicted molar refractivity (Wildman–Crippen MR) is 101 cm³/mol. The molecule has 1 aromatic heterocycles. The zero-order valence-electron chi connectivity index (χ0n) is 16.7. The predicted octanol–water partition coefficient (Wildman–Crippen LogP) is 1.73. The number of nitrogens with zero attached hydrogens (tertiary/aromatic N) is 4. The fourth-order valence-electron chi connectivity index (χ4n) is 3.21. The summed E-state index contributed by atoms with van der Waals surface area (Å²) < 4.78 is 28.9. The molecule has 1 aliphatic heterocycles. The van der Waals surface area contributed by atoms with Gasteiger partial charge in [0.2, 0.25) is 15.9 Å². The first-order chi connectivity index (χ1) is 12.5. The molecule has 0 bridgehead atoms. The number of hydrogen-bond donors (Lipinski definition) is 1. The molecule has 9 heteroatoms. The van der Waals surface area contributed by atoms with E-state index < -0.39 is 15.6 Å². The molecule has 2 heterocycles. The van der Waals surface area contributed by atoms with Gasteiger partial charge < -0.3 is 5.32 Å². The number of rotatable bonds is 6. The molecule has 1 aromatic rings. The van der Waals surface area contributed by atoms with Crippen LogP contribution >= 0.6 is 0 Å². The Hall–Kier alpha value is -1.92. The molecule has 0 spiro atoms. The fraction of sp³-hybridized carbons (Fsp3) is 0.722. The molecule has 1 N–H and O–H groups in total. The summed E-state index contributed by atoms with van der Waals surface area (Å²) in [5, 5.41) is 16.4.